The number of hydrogen-bond acceptors (Lipinski definition) is 4. The molecule has 1 unspecified atom stereocenters. The Bertz CT molecular complexity index is 553. The van der Waals surface area contributed by atoms with Crippen LogP contribution < -0.4 is 9.64 Å². The van der Waals surface area contributed by atoms with Crippen LogP contribution in [0, 0.1) is 5.92 Å². The average molecular weight is 289 g/mol. The second kappa shape index (κ2) is 5.24. The number of ether oxygens (including phenoxy) is 2. The van der Waals surface area contributed by atoms with Crippen LogP contribution in [0.2, 0.25) is 0 Å². The van der Waals surface area contributed by atoms with Crippen LogP contribution in [0.1, 0.15) is 32.3 Å². The summed E-state index contributed by atoms with van der Waals surface area (Å²) >= 11 is 0. The largest absolute Gasteiger partial charge is 0.487 e. The van der Waals surface area contributed by atoms with Gasteiger partial charge >= 0.3 is 5.97 Å². The summed E-state index contributed by atoms with van der Waals surface area (Å²) in [5.41, 5.74) is 2.32. The lowest BCUT2D eigenvalue weighted by molar-refractivity contribution is -0.144. The van der Waals surface area contributed by atoms with E-state index < -0.39 is 0 Å². The molecule has 114 valence electrons. The molecule has 1 aromatic rings. The third-order valence-electron chi connectivity index (χ3n) is 4.52. The second-order valence-corrected chi connectivity index (χ2v) is 6.61. The van der Waals surface area contributed by atoms with Crippen LogP contribution in [-0.2, 0) is 16.0 Å². The lowest BCUT2D eigenvalue weighted by atomic mass is 9.94. The number of anilines is 1. The lowest BCUT2D eigenvalue weighted by Crippen LogP contribution is -2.32. The van der Waals surface area contributed by atoms with E-state index in [0.29, 0.717) is 0 Å². The van der Waals surface area contributed by atoms with Crippen LogP contribution in [0.4, 0.5) is 5.69 Å². The van der Waals surface area contributed by atoms with Gasteiger partial charge in [0.1, 0.15) is 11.4 Å². The molecule has 4 heteroatoms. The fourth-order valence-corrected chi connectivity index (χ4v) is 3.18. The summed E-state index contributed by atoms with van der Waals surface area (Å²) in [6, 6.07) is 6.42. The normalized spacial score (nSPS) is 23.4. The van der Waals surface area contributed by atoms with Crippen LogP contribution in [0.5, 0.6) is 5.75 Å². The molecule has 0 spiro atoms. The van der Waals surface area contributed by atoms with E-state index in [-0.39, 0.29) is 17.5 Å². The fraction of sp³-hybridized carbons (Fsp3) is 0.588. The van der Waals surface area contributed by atoms with Gasteiger partial charge in [0.05, 0.1) is 13.0 Å². The molecule has 1 atom stereocenters. The van der Waals surface area contributed by atoms with Crippen molar-refractivity contribution in [1.29, 1.82) is 0 Å². The Morgan fingerprint density at radius 2 is 2.24 bits per heavy atom. The van der Waals surface area contributed by atoms with Gasteiger partial charge in [-0.15, -0.1) is 0 Å². The summed E-state index contributed by atoms with van der Waals surface area (Å²) in [6.07, 6.45) is 2.97. The Labute approximate surface area is 126 Å². The maximum atomic E-state index is 11.6. The summed E-state index contributed by atoms with van der Waals surface area (Å²) < 4.78 is 10.9. The third kappa shape index (κ3) is 2.85. The standard InChI is InChI=1S/C17H23NO3/c1-17(2)8-6-12-4-5-14(10-15(12)21-17)18-9-7-13(11-18)16(19)20-3/h4-5,10,13H,6-9,11H2,1-3H3. The summed E-state index contributed by atoms with van der Waals surface area (Å²) in [5, 5.41) is 0. The van der Waals surface area contributed by atoms with Gasteiger partial charge in [-0.25, -0.2) is 0 Å². The van der Waals surface area contributed by atoms with Gasteiger partial charge in [-0.1, -0.05) is 6.07 Å². The Hall–Kier alpha value is -1.71. The molecule has 0 N–H and O–H groups in total. The van der Waals surface area contributed by atoms with Gasteiger partial charge in [0.2, 0.25) is 0 Å². The summed E-state index contributed by atoms with van der Waals surface area (Å²) in [4.78, 5) is 13.9. The molecule has 0 amide bonds. The number of carbonyl (C=O) groups is 1. The number of benzene rings is 1. The Morgan fingerprint density at radius 3 is 3.00 bits per heavy atom. The molecule has 1 aromatic carbocycles. The number of methoxy groups -OCH3 is 1. The molecular weight excluding hydrogens is 266 g/mol. The van der Waals surface area contributed by atoms with E-state index in [1.54, 1.807) is 0 Å². The molecule has 4 nitrogen and oxygen atoms in total. The van der Waals surface area contributed by atoms with Crippen LogP contribution in [0.15, 0.2) is 18.2 Å². The molecule has 0 saturated carbocycles. The van der Waals surface area contributed by atoms with Crippen molar-refractivity contribution in [2.75, 3.05) is 25.1 Å². The van der Waals surface area contributed by atoms with Gasteiger partial charge in [0, 0.05) is 24.8 Å². The van der Waals surface area contributed by atoms with Crippen LogP contribution >= 0.6 is 0 Å². The monoisotopic (exact) mass is 289 g/mol. The van der Waals surface area contributed by atoms with Crippen molar-refractivity contribution in [3.05, 3.63) is 23.8 Å². The third-order valence-corrected chi connectivity index (χ3v) is 4.52. The number of rotatable bonds is 2. The molecule has 2 aliphatic heterocycles. The number of aryl methyl sites for hydroxylation is 1. The smallest absolute Gasteiger partial charge is 0.310 e. The molecule has 21 heavy (non-hydrogen) atoms. The average Bonchev–Trinajstić information content (AvgIpc) is 2.94. The van der Waals surface area contributed by atoms with Gasteiger partial charge in [0.15, 0.2) is 0 Å². The predicted octanol–water partition coefficient (Wildman–Crippen LogP) is 2.79. The Kier molecular flexibility index (Phi) is 3.56. The minimum Gasteiger partial charge on any atom is -0.487 e. The van der Waals surface area contributed by atoms with E-state index in [1.165, 1.54) is 12.7 Å². The maximum Gasteiger partial charge on any atom is 0.310 e. The molecular formula is C17H23NO3. The molecule has 1 saturated heterocycles. The fourth-order valence-electron chi connectivity index (χ4n) is 3.18. The van der Waals surface area contributed by atoms with E-state index >= 15 is 0 Å². The zero-order chi connectivity index (χ0) is 15.0. The molecule has 2 aliphatic rings. The topological polar surface area (TPSA) is 38.8 Å². The highest BCUT2D eigenvalue weighted by molar-refractivity contribution is 5.74. The summed E-state index contributed by atoms with van der Waals surface area (Å²) in [5.74, 6) is 0.876. The SMILES string of the molecule is COC(=O)C1CCN(c2ccc3c(c2)OC(C)(C)CC3)C1. The van der Waals surface area contributed by atoms with Crippen LogP contribution in [0.3, 0.4) is 0 Å². The van der Waals surface area contributed by atoms with E-state index in [4.69, 9.17) is 9.47 Å². The summed E-state index contributed by atoms with van der Waals surface area (Å²) in [7, 11) is 1.46. The minimum atomic E-state index is -0.104. The molecule has 0 aliphatic carbocycles. The maximum absolute atomic E-state index is 11.6. The van der Waals surface area contributed by atoms with Crippen molar-refractivity contribution >= 4 is 11.7 Å². The quantitative estimate of drug-likeness (QED) is 0.785. The second-order valence-electron chi connectivity index (χ2n) is 6.61. The highest BCUT2D eigenvalue weighted by Gasteiger charge is 2.31. The first-order chi connectivity index (χ1) is 9.98. The van der Waals surface area contributed by atoms with Crippen LogP contribution in [0.25, 0.3) is 0 Å². The predicted molar refractivity (Wildman–Crippen MR) is 81.8 cm³/mol. The molecule has 0 aromatic heterocycles. The Balaban J connectivity index is 1.77. The summed E-state index contributed by atoms with van der Waals surface area (Å²) in [6.45, 7) is 5.88. The van der Waals surface area contributed by atoms with E-state index in [2.05, 4.69) is 36.9 Å². The van der Waals surface area contributed by atoms with Gasteiger partial charge in [0.25, 0.3) is 0 Å². The molecule has 0 bridgehead atoms. The lowest BCUT2D eigenvalue weighted by Gasteiger charge is -2.33. The van der Waals surface area contributed by atoms with E-state index in [1.807, 2.05) is 0 Å². The van der Waals surface area contributed by atoms with Crippen molar-refractivity contribution in [3.8, 4) is 5.75 Å². The van der Waals surface area contributed by atoms with Crippen molar-refractivity contribution in [2.24, 2.45) is 5.92 Å². The molecule has 1 fully saturated rings. The Morgan fingerprint density at radius 1 is 1.43 bits per heavy atom. The number of esters is 1. The van der Waals surface area contributed by atoms with Crippen molar-refractivity contribution < 1.29 is 14.3 Å². The first-order valence-corrected chi connectivity index (χ1v) is 7.63. The number of fused-ring (bicyclic) bond motifs is 1. The van der Waals surface area contributed by atoms with Crippen molar-refractivity contribution in [2.45, 2.75) is 38.7 Å². The number of nitrogens with zero attached hydrogens (tertiary/aromatic N) is 1. The van der Waals surface area contributed by atoms with Crippen molar-refractivity contribution in [1.82, 2.24) is 0 Å². The minimum absolute atomic E-state index is 0.0107. The van der Waals surface area contributed by atoms with E-state index in [0.717, 1.165) is 43.8 Å². The van der Waals surface area contributed by atoms with Gasteiger partial charge in [-0.3, -0.25) is 4.79 Å². The molecule has 0 radical (unpaired) electrons. The van der Waals surface area contributed by atoms with Gasteiger partial charge in [-0.2, -0.15) is 0 Å². The molecule has 2 heterocycles. The zero-order valence-electron chi connectivity index (χ0n) is 13.0. The number of carbonyl (C=O) groups excluding carboxylic acids is 1. The first kappa shape index (κ1) is 14.2. The van der Waals surface area contributed by atoms with Gasteiger partial charge in [-0.05, 0) is 44.7 Å². The highest BCUT2D eigenvalue weighted by Crippen LogP contribution is 2.36. The van der Waals surface area contributed by atoms with Gasteiger partial charge < -0.3 is 14.4 Å². The highest BCUT2D eigenvalue weighted by atomic mass is 16.5. The molecule has 3 rings (SSSR count). The zero-order valence-corrected chi connectivity index (χ0v) is 13.0. The van der Waals surface area contributed by atoms with Crippen LogP contribution in [-0.4, -0.2) is 31.8 Å². The first-order valence-electron chi connectivity index (χ1n) is 7.63. The van der Waals surface area contributed by atoms with E-state index in [9.17, 15) is 4.79 Å². The number of hydrogen-bond donors (Lipinski definition) is 0. The van der Waals surface area contributed by atoms with Crippen molar-refractivity contribution in [3.63, 3.8) is 0 Å².